The smallest absolute Gasteiger partial charge is 0.164 e. The molecule has 6 heteroatoms. The van der Waals surface area contributed by atoms with Gasteiger partial charge < -0.3 is 5.32 Å². The van der Waals surface area contributed by atoms with Gasteiger partial charge in [-0.15, -0.1) is 5.10 Å². The maximum Gasteiger partial charge on any atom is 0.164 e. The maximum atomic E-state index is 4.73. The van der Waals surface area contributed by atoms with Gasteiger partial charge in [0, 0.05) is 18.0 Å². The van der Waals surface area contributed by atoms with Crippen LogP contribution in [0, 0.1) is 20.8 Å². The first kappa shape index (κ1) is 13.0. The van der Waals surface area contributed by atoms with Crippen molar-refractivity contribution in [1.82, 2.24) is 24.7 Å². The fourth-order valence-electron chi connectivity index (χ4n) is 2.31. The van der Waals surface area contributed by atoms with E-state index in [2.05, 4.69) is 27.3 Å². The average Bonchev–Trinajstić information content (AvgIpc) is 3.18. The molecule has 2 aromatic rings. The van der Waals surface area contributed by atoms with Crippen LogP contribution in [0.2, 0.25) is 0 Å². The Morgan fingerprint density at radius 1 is 1.15 bits per heavy atom. The van der Waals surface area contributed by atoms with E-state index in [9.17, 15) is 0 Å². The fraction of sp³-hybridized carbons (Fsp3) is 0.571. The minimum Gasteiger partial charge on any atom is -0.370 e. The van der Waals surface area contributed by atoms with Crippen LogP contribution < -0.4 is 5.32 Å². The maximum absolute atomic E-state index is 4.73. The van der Waals surface area contributed by atoms with Crippen LogP contribution in [0.3, 0.4) is 0 Å². The number of aryl methyl sites for hydroxylation is 2. The molecule has 1 fully saturated rings. The molecule has 2 aromatic heterocycles. The molecule has 1 saturated carbocycles. The van der Waals surface area contributed by atoms with Crippen molar-refractivity contribution in [2.75, 3.05) is 11.9 Å². The molecule has 0 saturated heterocycles. The van der Waals surface area contributed by atoms with E-state index in [1.54, 1.807) is 0 Å². The monoisotopic (exact) mass is 272 g/mol. The van der Waals surface area contributed by atoms with E-state index in [-0.39, 0.29) is 0 Å². The van der Waals surface area contributed by atoms with Crippen molar-refractivity contribution in [2.45, 2.75) is 46.5 Å². The Kier molecular flexibility index (Phi) is 3.16. The lowest BCUT2D eigenvalue weighted by atomic mass is 10.2. The first-order valence-electron chi connectivity index (χ1n) is 7.13. The third-order valence-electron chi connectivity index (χ3n) is 3.50. The number of aromatic nitrogens is 5. The van der Waals surface area contributed by atoms with Crippen molar-refractivity contribution in [1.29, 1.82) is 0 Å². The number of nitrogens with one attached hydrogen (secondary N) is 1. The lowest BCUT2D eigenvalue weighted by Crippen LogP contribution is -2.12. The zero-order valence-electron chi connectivity index (χ0n) is 12.4. The van der Waals surface area contributed by atoms with Crippen LogP contribution in [0.15, 0.2) is 0 Å². The molecule has 1 aliphatic carbocycles. The van der Waals surface area contributed by atoms with Gasteiger partial charge >= 0.3 is 0 Å². The van der Waals surface area contributed by atoms with Gasteiger partial charge in [0.15, 0.2) is 5.82 Å². The lowest BCUT2D eigenvalue weighted by molar-refractivity contribution is 0.770. The van der Waals surface area contributed by atoms with Crippen LogP contribution in [0.4, 0.5) is 5.82 Å². The third kappa shape index (κ3) is 2.26. The standard InChI is InChI=1S/C14H20N6/c1-5-15-12-8(2)14(18-13(17-12)11-6-7-11)20-10(4)16-9(3)19-20/h11H,5-7H2,1-4H3,(H,15,17,18). The van der Waals surface area contributed by atoms with Crippen molar-refractivity contribution in [2.24, 2.45) is 0 Å². The second-order valence-electron chi connectivity index (χ2n) is 5.30. The SMILES string of the molecule is CCNc1nc(C2CC2)nc(-n2nc(C)nc2C)c1C. The molecule has 3 rings (SSSR count). The molecule has 1 N–H and O–H groups in total. The first-order valence-corrected chi connectivity index (χ1v) is 7.13. The van der Waals surface area contributed by atoms with Crippen LogP contribution in [0.25, 0.3) is 5.82 Å². The molecule has 0 radical (unpaired) electrons. The van der Waals surface area contributed by atoms with Crippen LogP contribution >= 0.6 is 0 Å². The van der Waals surface area contributed by atoms with Crippen LogP contribution in [0.1, 0.15) is 48.7 Å². The zero-order valence-corrected chi connectivity index (χ0v) is 12.4. The molecule has 0 atom stereocenters. The van der Waals surface area contributed by atoms with Crippen LogP contribution in [-0.2, 0) is 0 Å². The number of rotatable bonds is 4. The quantitative estimate of drug-likeness (QED) is 0.924. The van der Waals surface area contributed by atoms with E-state index in [1.807, 2.05) is 25.5 Å². The predicted octanol–water partition coefficient (Wildman–Crippen LogP) is 2.29. The van der Waals surface area contributed by atoms with Gasteiger partial charge in [0.25, 0.3) is 0 Å². The van der Waals surface area contributed by atoms with Crippen molar-refractivity contribution < 1.29 is 0 Å². The summed E-state index contributed by atoms with van der Waals surface area (Å²) in [4.78, 5) is 13.8. The van der Waals surface area contributed by atoms with Gasteiger partial charge in [0.2, 0.25) is 0 Å². The first-order chi connectivity index (χ1) is 9.60. The summed E-state index contributed by atoms with van der Waals surface area (Å²) in [6, 6.07) is 0. The van der Waals surface area contributed by atoms with E-state index in [4.69, 9.17) is 4.98 Å². The van der Waals surface area contributed by atoms with E-state index in [0.29, 0.717) is 5.92 Å². The summed E-state index contributed by atoms with van der Waals surface area (Å²) in [6.45, 7) is 8.79. The Hall–Kier alpha value is -1.98. The van der Waals surface area contributed by atoms with Crippen LogP contribution in [0.5, 0.6) is 0 Å². The van der Waals surface area contributed by atoms with Crippen molar-refractivity contribution in [3.05, 3.63) is 23.0 Å². The van der Waals surface area contributed by atoms with Gasteiger partial charge in [0.05, 0.1) is 0 Å². The molecule has 0 aromatic carbocycles. The molecule has 0 bridgehead atoms. The molecule has 0 aliphatic heterocycles. The summed E-state index contributed by atoms with van der Waals surface area (Å²) in [7, 11) is 0. The Morgan fingerprint density at radius 2 is 1.90 bits per heavy atom. The Balaban J connectivity index is 2.15. The average molecular weight is 272 g/mol. The van der Waals surface area contributed by atoms with E-state index >= 15 is 0 Å². The lowest BCUT2D eigenvalue weighted by Gasteiger charge is -2.13. The fourth-order valence-corrected chi connectivity index (χ4v) is 2.31. The largest absolute Gasteiger partial charge is 0.370 e. The Bertz CT molecular complexity index is 641. The van der Waals surface area contributed by atoms with Gasteiger partial charge in [-0.1, -0.05) is 0 Å². The highest BCUT2D eigenvalue weighted by molar-refractivity contribution is 5.52. The zero-order chi connectivity index (χ0) is 14.3. The summed E-state index contributed by atoms with van der Waals surface area (Å²) >= 11 is 0. The van der Waals surface area contributed by atoms with E-state index < -0.39 is 0 Å². The highest BCUT2D eigenvalue weighted by Crippen LogP contribution is 2.39. The molecular formula is C14H20N6. The van der Waals surface area contributed by atoms with Gasteiger partial charge in [-0.2, -0.15) is 4.68 Å². The predicted molar refractivity (Wildman–Crippen MR) is 77.3 cm³/mol. The number of nitrogens with zero attached hydrogens (tertiary/aromatic N) is 5. The van der Waals surface area contributed by atoms with Gasteiger partial charge in [-0.05, 0) is 40.5 Å². The molecule has 20 heavy (non-hydrogen) atoms. The van der Waals surface area contributed by atoms with Gasteiger partial charge in [-0.3, -0.25) is 0 Å². The topological polar surface area (TPSA) is 68.5 Å². The molecule has 1 aliphatic rings. The minimum absolute atomic E-state index is 0.511. The number of hydrogen-bond donors (Lipinski definition) is 1. The molecular weight excluding hydrogens is 252 g/mol. The van der Waals surface area contributed by atoms with Gasteiger partial charge in [-0.25, -0.2) is 15.0 Å². The summed E-state index contributed by atoms with van der Waals surface area (Å²) in [5.41, 5.74) is 1.02. The molecule has 0 amide bonds. The van der Waals surface area contributed by atoms with E-state index in [0.717, 1.165) is 41.2 Å². The highest BCUT2D eigenvalue weighted by Gasteiger charge is 2.28. The number of anilines is 1. The molecule has 2 heterocycles. The second kappa shape index (κ2) is 4.85. The van der Waals surface area contributed by atoms with Gasteiger partial charge in [0.1, 0.15) is 23.3 Å². The summed E-state index contributed by atoms with van der Waals surface area (Å²) in [6.07, 6.45) is 2.37. The highest BCUT2D eigenvalue weighted by atomic mass is 15.4. The Labute approximate surface area is 118 Å². The van der Waals surface area contributed by atoms with Crippen molar-refractivity contribution in [3.8, 4) is 5.82 Å². The van der Waals surface area contributed by atoms with Crippen LogP contribution in [-0.4, -0.2) is 31.3 Å². The summed E-state index contributed by atoms with van der Waals surface area (Å²) < 4.78 is 1.82. The second-order valence-corrected chi connectivity index (χ2v) is 5.30. The van der Waals surface area contributed by atoms with Crippen molar-refractivity contribution >= 4 is 5.82 Å². The minimum atomic E-state index is 0.511. The molecule has 0 spiro atoms. The summed E-state index contributed by atoms with van der Waals surface area (Å²) in [5.74, 6) is 4.81. The number of hydrogen-bond acceptors (Lipinski definition) is 5. The Morgan fingerprint density at radius 3 is 2.45 bits per heavy atom. The third-order valence-corrected chi connectivity index (χ3v) is 3.50. The molecule has 106 valence electrons. The van der Waals surface area contributed by atoms with Crippen molar-refractivity contribution in [3.63, 3.8) is 0 Å². The molecule has 0 unspecified atom stereocenters. The summed E-state index contributed by atoms with van der Waals surface area (Å²) in [5, 5.41) is 7.77. The molecule has 6 nitrogen and oxygen atoms in total. The van der Waals surface area contributed by atoms with E-state index in [1.165, 1.54) is 12.8 Å². The normalized spacial score (nSPS) is 14.6.